The molecule has 0 aromatic carbocycles. The first-order valence-electron chi connectivity index (χ1n) is 33.1. The number of ketones is 2. The number of nitrogens with one attached hydrogen (secondary N) is 4. The summed E-state index contributed by atoms with van der Waals surface area (Å²) in [5.74, 6) is -5.56. The molecule has 2 heterocycles. The van der Waals surface area contributed by atoms with Gasteiger partial charge in [0.25, 0.3) is 0 Å². The minimum Gasteiger partial charge on any atom is -0.463 e. The molecule has 4 amide bonds. The van der Waals surface area contributed by atoms with E-state index < -0.39 is 96.9 Å². The Morgan fingerprint density at radius 2 is 0.699 bits per heavy atom. The Morgan fingerprint density at radius 3 is 1.05 bits per heavy atom. The predicted molar refractivity (Wildman–Crippen MR) is 333 cm³/mol. The Hall–Kier alpha value is -6.20. The van der Waals surface area contributed by atoms with Crippen LogP contribution in [0.4, 0.5) is 0 Å². The number of ether oxygens (including phenoxy) is 12. The Kier molecular flexibility index (Phi) is 44.0. The van der Waals surface area contributed by atoms with Crippen LogP contribution in [0.1, 0.15) is 197 Å². The molecule has 0 bridgehead atoms. The van der Waals surface area contributed by atoms with Crippen LogP contribution in [0.15, 0.2) is 0 Å². The minimum atomic E-state index is -1.04. The van der Waals surface area contributed by atoms with E-state index in [1.807, 2.05) is 0 Å². The predicted octanol–water partition coefficient (Wildman–Crippen LogP) is 5.06. The van der Waals surface area contributed by atoms with Crippen LogP contribution in [-0.2, 0) is 114 Å². The molecule has 0 aromatic rings. The molecule has 0 aromatic heterocycles. The van der Waals surface area contributed by atoms with Gasteiger partial charge in [-0.2, -0.15) is 0 Å². The number of hydrogen-bond acceptors (Lipinski definition) is 24. The number of carbonyl (C=O) groups excluding carboxylic acids is 12. The monoisotopic (exact) mass is 1330 g/mol. The lowest BCUT2D eigenvalue weighted by atomic mass is 9.92. The lowest BCUT2D eigenvalue weighted by molar-refractivity contribution is -0.288. The highest BCUT2D eigenvalue weighted by Crippen LogP contribution is 2.33. The van der Waals surface area contributed by atoms with Gasteiger partial charge in [-0.1, -0.05) is 52.4 Å². The van der Waals surface area contributed by atoms with Crippen molar-refractivity contribution in [3.8, 4) is 0 Å². The maximum Gasteiger partial charge on any atom is 0.303 e. The zero-order chi connectivity index (χ0) is 68.9. The summed E-state index contributed by atoms with van der Waals surface area (Å²) in [7, 11) is 0. The van der Waals surface area contributed by atoms with E-state index in [4.69, 9.17) is 56.8 Å². The van der Waals surface area contributed by atoms with Gasteiger partial charge in [0.2, 0.25) is 23.6 Å². The lowest BCUT2D eigenvalue weighted by Gasteiger charge is -2.43. The van der Waals surface area contributed by atoms with Gasteiger partial charge in [-0.3, -0.25) is 52.7 Å². The van der Waals surface area contributed by atoms with Crippen LogP contribution in [0.2, 0.25) is 0 Å². The maximum atomic E-state index is 13.1. The van der Waals surface area contributed by atoms with Gasteiger partial charge in [-0.15, -0.1) is 0 Å². The van der Waals surface area contributed by atoms with Crippen LogP contribution >= 0.6 is 0 Å². The second-order valence-electron chi connectivity index (χ2n) is 23.8. The smallest absolute Gasteiger partial charge is 0.303 e. The van der Waals surface area contributed by atoms with E-state index in [0.29, 0.717) is 77.5 Å². The van der Waals surface area contributed by atoms with Gasteiger partial charge in [-0.05, 0) is 58.3 Å². The van der Waals surface area contributed by atoms with Gasteiger partial charge < -0.3 is 82.9 Å². The molecule has 28 heteroatoms. The molecule has 2 aliphatic rings. The molecule has 0 radical (unpaired) electrons. The van der Waals surface area contributed by atoms with E-state index in [0.717, 1.165) is 51.4 Å². The molecule has 0 saturated carbocycles. The van der Waals surface area contributed by atoms with Gasteiger partial charge in [0.1, 0.15) is 49.2 Å². The standard InChI is InChI=1S/C65H108N4O24/c1-43(70)24-16-14-12-10-11-13-15-17-25-53(77)38-52(39-82-36-28-58(80)68-32-22-30-66-56(78)26-18-20-34-84-64-44(2)60(88-48(6)73)62(90-50(8)75)54(92-64)41-86-46(4)71)40-83-37-29-59(81)69-33-23-31-67-57(79)27-19-21-35-85-65-45(3)61(89-49(7)74)63(91-51(9)76)55(93-65)42-87-47(5)72/h44-45,52,54-55,60-65H,10-42H2,1-9H3,(H,66,78)(H,67,79)(H,68,80)(H,69,81)/t44-,45-,54-,55-,60-,61-,62+,63+,64-,65-/m1/s1. The fourth-order valence-electron chi connectivity index (χ4n) is 10.3. The molecular formula is C65H108N4O24. The van der Waals surface area contributed by atoms with Crippen LogP contribution in [0, 0.1) is 17.8 Å². The van der Waals surface area contributed by atoms with Gasteiger partial charge in [0.15, 0.2) is 24.8 Å². The van der Waals surface area contributed by atoms with E-state index in [1.165, 1.54) is 41.5 Å². The van der Waals surface area contributed by atoms with E-state index in [2.05, 4.69) is 21.3 Å². The number of carbonyl (C=O) groups is 12. The van der Waals surface area contributed by atoms with Crippen molar-refractivity contribution in [1.29, 1.82) is 0 Å². The summed E-state index contributed by atoms with van der Waals surface area (Å²) in [4.78, 5) is 145. The molecule has 93 heavy (non-hydrogen) atoms. The van der Waals surface area contributed by atoms with Crippen molar-refractivity contribution in [2.24, 2.45) is 17.8 Å². The third-order valence-electron chi connectivity index (χ3n) is 15.1. The molecule has 2 rings (SSSR count). The second kappa shape index (κ2) is 49.4. The highest BCUT2D eigenvalue weighted by Gasteiger charge is 2.50. The zero-order valence-electron chi connectivity index (χ0n) is 56.5. The molecular weight excluding hydrogens is 1220 g/mol. The molecule has 2 aliphatic heterocycles. The van der Waals surface area contributed by atoms with Crippen molar-refractivity contribution in [3.63, 3.8) is 0 Å². The summed E-state index contributed by atoms with van der Waals surface area (Å²) in [5, 5.41) is 11.3. The third kappa shape index (κ3) is 40.0. The van der Waals surface area contributed by atoms with Crippen LogP contribution in [0.3, 0.4) is 0 Å². The molecule has 28 nitrogen and oxygen atoms in total. The SMILES string of the molecule is CC(=O)CCCCCCCCCCC(=O)CC(COCCC(=O)NCCCNC(=O)CCCCO[C@@H]1O[C@H](COC(C)=O)[C@H](OC(C)=O)[C@H](OC(C)=O)[C@H]1C)COCCC(=O)NCCCNC(=O)CCCCO[C@@H]1O[C@H](COC(C)=O)[C@H](OC(C)=O)[C@H](OC(C)=O)[C@H]1C. The van der Waals surface area contributed by atoms with Crippen molar-refractivity contribution < 1.29 is 114 Å². The fourth-order valence-corrected chi connectivity index (χ4v) is 10.3. The normalized spacial score (nSPS) is 20.9. The number of Topliss-reactive ketones (excluding diaryl/α,β-unsaturated/α-hetero) is 2. The molecule has 532 valence electrons. The molecule has 4 N–H and O–H groups in total. The Morgan fingerprint density at radius 1 is 0.366 bits per heavy atom. The number of rotatable bonds is 51. The van der Waals surface area contributed by atoms with Crippen LogP contribution in [0.25, 0.3) is 0 Å². The molecule has 2 fully saturated rings. The van der Waals surface area contributed by atoms with Crippen molar-refractivity contribution in [3.05, 3.63) is 0 Å². The zero-order valence-corrected chi connectivity index (χ0v) is 56.5. The highest BCUT2D eigenvalue weighted by atomic mass is 16.7. The Balaban J connectivity index is 1.71. The summed E-state index contributed by atoms with van der Waals surface area (Å²) in [6.45, 7) is 14.1. The number of unbranched alkanes of at least 4 members (excludes halogenated alkanes) is 9. The summed E-state index contributed by atoms with van der Waals surface area (Å²) in [6, 6.07) is 0. The van der Waals surface area contributed by atoms with Crippen molar-refractivity contribution in [1.82, 2.24) is 21.3 Å². The van der Waals surface area contributed by atoms with E-state index in [9.17, 15) is 57.5 Å². The number of esters is 6. The van der Waals surface area contributed by atoms with Crippen LogP contribution < -0.4 is 21.3 Å². The minimum absolute atomic E-state index is 0.0753. The molecule has 2 saturated heterocycles. The first-order chi connectivity index (χ1) is 44.4. The molecule has 0 spiro atoms. The Labute approximate surface area is 548 Å². The second-order valence-corrected chi connectivity index (χ2v) is 23.8. The molecule has 10 atom stereocenters. The first-order valence-corrected chi connectivity index (χ1v) is 33.1. The average Bonchev–Trinajstić information content (AvgIpc) is 0.891. The largest absolute Gasteiger partial charge is 0.463 e. The molecule has 0 unspecified atom stereocenters. The van der Waals surface area contributed by atoms with Crippen LogP contribution in [-0.4, -0.2) is 199 Å². The van der Waals surface area contributed by atoms with Gasteiger partial charge in [0.05, 0.1) is 26.4 Å². The lowest BCUT2D eigenvalue weighted by Crippen LogP contribution is -2.58. The third-order valence-corrected chi connectivity index (χ3v) is 15.1. The number of hydrogen-bond donors (Lipinski definition) is 4. The topological polar surface area (TPSA) is 364 Å². The van der Waals surface area contributed by atoms with Gasteiger partial charge in [-0.25, -0.2) is 0 Å². The molecule has 0 aliphatic carbocycles. The van der Waals surface area contributed by atoms with Crippen molar-refractivity contribution >= 4 is 71.0 Å². The van der Waals surface area contributed by atoms with Gasteiger partial charge >= 0.3 is 35.8 Å². The van der Waals surface area contributed by atoms with Crippen molar-refractivity contribution in [2.75, 3.05) is 79.0 Å². The highest BCUT2D eigenvalue weighted by molar-refractivity contribution is 5.79. The summed E-state index contributed by atoms with van der Waals surface area (Å²) < 4.78 is 67.7. The maximum absolute atomic E-state index is 13.1. The average molecular weight is 1330 g/mol. The Bertz CT molecular complexity index is 2160. The van der Waals surface area contributed by atoms with E-state index in [1.54, 1.807) is 20.8 Å². The van der Waals surface area contributed by atoms with E-state index >= 15 is 0 Å². The van der Waals surface area contributed by atoms with Crippen LogP contribution in [0.5, 0.6) is 0 Å². The first kappa shape index (κ1) is 82.9. The van der Waals surface area contributed by atoms with Gasteiger partial charge in [0, 0.05) is 144 Å². The van der Waals surface area contributed by atoms with E-state index in [-0.39, 0.29) is 126 Å². The number of amides is 4. The summed E-state index contributed by atoms with van der Waals surface area (Å²) in [6.07, 6.45) is 5.14. The summed E-state index contributed by atoms with van der Waals surface area (Å²) >= 11 is 0. The fraction of sp³-hybridized carbons (Fsp3) is 0.815. The van der Waals surface area contributed by atoms with Crippen molar-refractivity contribution in [2.45, 2.75) is 246 Å². The summed E-state index contributed by atoms with van der Waals surface area (Å²) in [5.41, 5.74) is 0. The quantitative estimate of drug-likeness (QED) is 0.0351.